The van der Waals surface area contributed by atoms with Gasteiger partial charge in [0.1, 0.15) is 0 Å². The molecule has 0 aliphatic carbocycles. The van der Waals surface area contributed by atoms with Gasteiger partial charge in [-0.25, -0.2) is 0 Å². The van der Waals surface area contributed by atoms with Gasteiger partial charge in [-0.05, 0) is 0 Å². The van der Waals surface area contributed by atoms with Crippen LogP contribution in [0.3, 0.4) is 0 Å². The largest absolute Gasteiger partial charge is 4.00 e. The molecule has 0 spiro atoms. The first kappa shape index (κ1) is 23.4. The Hall–Kier alpha value is 1.61. The van der Waals surface area contributed by atoms with Crippen molar-refractivity contribution in [2.75, 3.05) is 0 Å². The van der Waals surface area contributed by atoms with Gasteiger partial charge in [-0.3, -0.25) is 0 Å². The van der Waals surface area contributed by atoms with E-state index in [0.717, 1.165) is 0 Å². The number of rotatable bonds is 0. The van der Waals surface area contributed by atoms with Crippen LogP contribution in [0.25, 0.3) is 0 Å². The molecule has 0 N–H and O–H groups in total. The minimum absolute atomic E-state index is 0. The van der Waals surface area contributed by atoms with Crippen LogP contribution in [0.1, 0.15) is 0 Å². The van der Waals surface area contributed by atoms with Crippen LogP contribution in [-0.2, 0) is 52.1 Å². The molecule has 0 aromatic carbocycles. The fourth-order valence-electron chi connectivity index (χ4n) is 0. The quantitative estimate of drug-likeness (QED) is 0.392. The Balaban J connectivity index is -0.0000000457. The van der Waals surface area contributed by atoms with E-state index >= 15 is 0 Å². The zero-order valence-electron chi connectivity index (χ0n) is 4.99. The van der Waals surface area contributed by atoms with Gasteiger partial charge in [-0.1, -0.05) is 0 Å². The molecule has 0 unspecified atom stereocenters. The van der Waals surface area contributed by atoms with Crippen molar-refractivity contribution < 1.29 is 81.5 Å². The molecule has 0 rings (SSSR count). The minimum Gasteiger partial charge on any atom is -0.822 e. The normalized spacial score (nSPS) is 9.83. The third-order valence-electron chi connectivity index (χ3n) is 0. The van der Waals surface area contributed by atoms with E-state index in [9.17, 15) is 0 Å². The molecular formula is CoO8P2Zr. The Morgan fingerprint density at radius 1 is 0.667 bits per heavy atom. The fraction of sp³-hybridized carbons (Fsp3) is 0. The molecule has 0 atom stereocenters. The topological polar surface area (TPSA) is 172 Å². The molecule has 0 fully saturated rings. The average molecular weight is 340 g/mol. The molecule has 1 radical (unpaired) electrons. The summed E-state index contributed by atoms with van der Waals surface area (Å²) in [6, 6.07) is 0. The Kier molecular flexibility index (Phi) is 17.9. The maximum absolute atomic E-state index is 8.55. The van der Waals surface area contributed by atoms with Crippen molar-refractivity contribution in [2.45, 2.75) is 0 Å². The SMILES string of the molecule is O=P([O-])([O-])[O-].O=P([O-])([O-])[O-].[Co+2].[Zr+4]. The Labute approximate surface area is 96.8 Å². The Morgan fingerprint density at radius 2 is 0.667 bits per heavy atom. The van der Waals surface area contributed by atoms with E-state index in [0.29, 0.717) is 0 Å². The first-order valence-corrected chi connectivity index (χ1v) is 4.38. The second-order valence-electron chi connectivity index (χ2n) is 0.894. The zero-order chi connectivity index (χ0) is 9.00. The summed E-state index contributed by atoms with van der Waals surface area (Å²) < 4.78 is 17.1. The summed E-state index contributed by atoms with van der Waals surface area (Å²) in [6.07, 6.45) is 0. The molecule has 0 bridgehead atoms. The third kappa shape index (κ3) is 504. The molecule has 12 heteroatoms. The average Bonchev–Trinajstić information content (AvgIpc) is 1.12. The van der Waals surface area contributed by atoms with Crippen LogP contribution < -0.4 is 29.4 Å². The minimum atomic E-state index is -5.39. The second kappa shape index (κ2) is 9.18. The van der Waals surface area contributed by atoms with Crippen LogP contribution in [-0.4, -0.2) is 0 Å². The van der Waals surface area contributed by atoms with E-state index in [4.69, 9.17) is 38.5 Å². The van der Waals surface area contributed by atoms with Crippen LogP contribution in [0.15, 0.2) is 0 Å². The molecule has 0 aromatic heterocycles. The molecule has 0 aromatic rings. The van der Waals surface area contributed by atoms with Gasteiger partial charge in [0.15, 0.2) is 0 Å². The van der Waals surface area contributed by atoms with Crippen LogP contribution >= 0.6 is 15.6 Å². The summed E-state index contributed by atoms with van der Waals surface area (Å²) in [4.78, 5) is 51.3. The van der Waals surface area contributed by atoms with Gasteiger partial charge in [0.05, 0.1) is 0 Å². The molecule has 0 aliphatic rings. The van der Waals surface area contributed by atoms with E-state index < -0.39 is 15.6 Å². The summed E-state index contributed by atoms with van der Waals surface area (Å²) in [5.41, 5.74) is 0. The molecule has 12 heavy (non-hydrogen) atoms. The van der Waals surface area contributed by atoms with Crippen molar-refractivity contribution in [1.29, 1.82) is 0 Å². The summed E-state index contributed by atoms with van der Waals surface area (Å²) >= 11 is 0. The summed E-state index contributed by atoms with van der Waals surface area (Å²) in [5.74, 6) is 0. The van der Waals surface area contributed by atoms with Gasteiger partial charge < -0.3 is 38.5 Å². The van der Waals surface area contributed by atoms with Crippen molar-refractivity contribution >= 4 is 15.6 Å². The zero-order valence-corrected chi connectivity index (χ0v) is 10.3. The van der Waals surface area contributed by atoms with E-state index in [1.807, 2.05) is 0 Å². The molecule has 0 amide bonds. The Bertz CT molecular complexity index is 129. The molecule has 8 nitrogen and oxygen atoms in total. The van der Waals surface area contributed by atoms with Crippen molar-refractivity contribution in [2.24, 2.45) is 0 Å². The molecule has 0 heterocycles. The van der Waals surface area contributed by atoms with E-state index in [1.54, 1.807) is 0 Å². The molecule has 0 aliphatic heterocycles. The van der Waals surface area contributed by atoms with Gasteiger partial charge in [0, 0.05) is 0 Å². The van der Waals surface area contributed by atoms with Crippen molar-refractivity contribution in [3.63, 3.8) is 0 Å². The molecule has 0 saturated heterocycles. The summed E-state index contributed by atoms with van der Waals surface area (Å²) in [7, 11) is -10.8. The van der Waals surface area contributed by atoms with Crippen molar-refractivity contribution in [3.8, 4) is 0 Å². The maximum Gasteiger partial charge on any atom is 4.00 e. The predicted molar refractivity (Wildman–Crippen MR) is 15.2 cm³/mol. The maximum atomic E-state index is 8.55. The van der Waals surface area contributed by atoms with Gasteiger partial charge in [-0.15, -0.1) is 0 Å². The van der Waals surface area contributed by atoms with Crippen LogP contribution in [0.2, 0.25) is 0 Å². The van der Waals surface area contributed by atoms with Gasteiger partial charge >= 0.3 is 43.0 Å². The molecular weight excluding hydrogens is 340 g/mol. The first-order chi connectivity index (χ1) is 4.00. The standard InChI is InChI=1S/Co.2H3O4P.Zr/c;2*1-5(2,3)4;/h;2*(H3,1,2,3,4);/q+2;;;+4/p-6. The number of phosphoric acid groups is 2. The van der Waals surface area contributed by atoms with E-state index in [2.05, 4.69) is 0 Å². The predicted octanol–water partition coefficient (Wildman–Crippen LogP) is -5.65. The number of hydrogen-bond acceptors (Lipinski definition) is 8. The van der Waals surface area contributed by atoms with Crippen molar-refractivity contribution in [1.82, 2.24) is 0 Å². The summed E-state index contributed by atoms with van der Waals surface area (Å²) in [6.45, 7) is 0. The first-order valence-electron chi connectivity index (χ1n) is 1.46. The second-order valence-corrected chi connectivity index (χ2v) is 2.68. The summed E-state index contributed by atoms with van der Waals surface area (Å²) in [5, 5.41) is 0. The van der Waals surface area contributed by atoms with Gasteiger partial charge in [0.25, 0.3) is 0 Å². The fourth-order valence-corrected chi connectivity index (χ4v) is 0. The Morgan fingerprint density at radius 3 is 0.667 bits per heavy atom. The van der Waals surface area contributed by atoms with E-state index in [1.165, 1.54) is 0 Å². The van der Waals surface area contributed by atoms with Crippen molar-refractivity contribution in [3.05, 3.63) is 0 Å². The van der Waals surface area contributed by atoms with Crippen LogP contribution in [0.5, 0.6) is 0 Å². The molecule has 71 valence electrons. The van der Waals surface area contributed by atoms with Gasteiger partial charge in [0.2, 0.25) is 0 Å². The third-order valence-corrected chi connectivity index (χ3v) is 0. The van der Waals surface area contributed by atoms with Crippen LogP contribution in [0, 0.1) is 0 Å². The number of hydrogen-bond donors (Lipinski definition) is 0. The molecule has 0 saturated carbocycles. The van der Waals surface area contributed by atoms with Gasteiger partial charge in [-0.2, -0.15) is 15.6 Å². The smallest absolute Gasteiger partial charge is 0.822 e. The van der Waals surface area contributed by atoms with E-state index in [-0.39, 0.29) is 43.0 Å². The van der Waals surface area contributed by atoms with Crippen LogP contribution in [0.4, 0.5) is 0 Å². The monoisotopic (exact) mass is 339 g/mol.